The molecular weight excluding hydrogens is 444 g/mol. The highest BCUT2D eigenvalue weighted by molar-refractivity contribution is 7.92. The van der Waals surface area contributed by atoms with Crippen LogP contribution in [0.1, 0.15) is 15.4 Å². The van der Waals surface area contributed by atoms with Gasteiger partial charge in [0.15, 0.2) is 0 Å². The largest absolute Gasteiger partial charge is 0.321 e. The number of halogens is 1. The van der Waals surface area contributed by atoms with Gasteiger partial charge in [-0.25, -0.2) is 13.1 Å². The molecular formula is C20H17ClN4O3S2. The lowest BCUT2D eigenvalue weighted by molar-refractivity contribution is 0.103. The molecule has 7 nitrogen and oxygen atoms in total. The first-order valence-electron chi connectivity index (χ1n) is 8.84. The van der Waals surface area contributed by atoms with Crippen LogP contribution in [0.2, 0.25) is 5.02 Å². The maximum atomic E-state index is 12.8. The fourth-order valence-corrected chi connectivity index (χ4v) is 4.83. The molecule has 0 fully saturated rings. The van der Waals surface area contributed by atoms with Gasteiger partial charge in [0.2, 0.25) is 10.0 Å². The second-order valence-corrected chi connectivity index (χ2v) is 9.87. The number of aryl methyl sites for hydroxylation is 1. The third-order valence-electron chi connectivity index (χ3n) is 4.30. The van der Waals surface area contributed by atoms with Gasteiger partial charge >= 0.3 is 0 Å². The zero-order valence-electron chi connectivity index (χ0n) is 16.0. The summed E-state index contributed by atoms with van der Waals surface area (Å²) in [5.74, 6) is -0.259. The molecule has 1 amide bonds. The van der Waals surface area contributed by atoms with Crippen LogP contribution in [0.3, 0.4) is 0 Å². The first-order valence-corrected chi connectivity index (χ1v) is 11.9. The number of hydrogen-bond acceptors (Lipinski definition) is 5. The zero-order chi connectivity index (χ0) is 21.5. The monoisotopic (exact) mass is 460 g/mol. The van der Waals surface area contributed by atoms with Crippen molar-refractivity contribution in [3.05, 3.63) is 70.2 Å². The average molecular weight is 461 g/mol. The lowest BCUT2D eigenvalue weighted by Gasteiger charge is -2.07. The van der Waals surface area contributed by atoms with Crippen LogP contribution in [0.15, 0.2) is 54.6 Å². The van der Waals surface area contributed by atoms with E-state index in [0.29, 0.717) is 21.3 Å². The maximum Gasteiger partial charge on any atom is 0.265 e. The van der Waals surface area contributed by atoms with Gasteiger partial charge in [-0.15, -0.1) is 11.3 Å². The van der Waals surface area contributed by atoms with Crippen molar-refractivity contribution < 1.29 is 13.2 Å². The lowest BCUT2D eigenvalue weighted by Crippen LogP contribution is -2.11. The number of para-hydroxylation sites is 1. The first-order chi connectivity index (χ1) is 14.2. The Morgan fingerprint density at radius 3 is 2.43 bits per heavy atom. The fourth-order valence-electron chi connectivity index (χ4n) is 2.97. The lowest BCUT2D eigenvalue weighted by atomic mass is 10.2. The minimum absolute atomic E-state index is 0.259. The number of hydrogen-bond donors (Lipinski definition) is 2. The van der Waals surface area contributed by atoms with Gasteiger partial charge in [-0.2, -0.15) is 5.10 Å². The minimum Gasteiger partial charge on any atom is -0.321 e. The fraction of sp³-hybridized carbons (Fsp3) is 0.100. The third kappa shape index (κ3) is 4.18. The highest BCUT2D eigenvalue weighted by Crippen LogP contribution is 2.32. The quantitative estimate of drug-likeness (QED) is 0.452. The van der Waals surface area contributed by atoms with Crippen molar-refractivity contribution in [2.75, 3.05) is 16.3 Å². The van der Waals surface area contributed by atoms with Gasteiger partial charge in [-0.3, -0.25) is 9.52 Å². The zero-order valence-corrected chi connectivity index (χ0v) is 18.4. The van der Waals surface area contributed by atoms with Gasteiger partial charge in [-0.1, -0.05) is 23.7 Å². The van der Waals surface area contributed by atoms with E-state index in [1.54, 1.807) is 35.0 Å². The number of thiophene rings is 1. The smallest absolute Gasteiger partial charge is 0.265 e. The van der Waals surface area contributed by atoms with E-state index >= 15 is 0 Å². The first kappa shape index (κ1) is 20.4. The number of amides is 1. The van der Waals surface area contributed by atoms with E-state index in [1.807, 2.05) is 31.2 Å². The summed E-state index contributed by atoms with van der Waals surface area (Å²) in [6, 6.07) is 15.7. The second-order valence-electron chi connectivity index (χ2n) is 6.68. The van der Waals surface area contributed by atoms with Crippen LogP contribution < -0.4 is 10.0 Å². The van der Waals surface area contributed by atoms with Crippen LogP contribution in [0.4, 0.5) is 11.4 Å². The van der Waals surface area contributed by atoms with Crippen molar-refractivity contribution in [2.45, 2.75) is 6.92 Å². The summed E-state index contributed by atoms with van der Waals surface area (Å²) in [6.45, 7) is 1.89. The van der Waals surface area contributed by atoms with E-state index in [-0.39, 0.29) is 5.91 Å². The van der Waals surface area contributed by atoms with Gasteiger partial charge in [-0.05, 0) is 49.4 Å². The van der Waals surface area contributed by atoms with E-state index in [0.717, 1.165) is 27.9 Å². The van der Waals surface area contributed by atoms with Gasteiger partial charge in [0.25, 0.3) is 5.91 Å². The molecule has 2 heterocycles. The Kier molecular flexibility index (Phi) is 5.27. The number of rotatable bonds is 5. The Labute approximate surface area is 182 Å². The molecule has 30 heavy (non-hydrogen) atoms. The molecule has 0 atom stereocenters. The van der Waals surface area contributed by atoms with Crippen molar-refractivity contribution in [3.63, 3.8) is 0 Å². The van der Waals surface area contributed by atoms with E-state index in [1.165, 1.54) is 11.3 Å². The van der Waals surface area contributed by atoms with Crippen molar-refractivity contribution in [3.8, 4) is 5.69 Å². The summed E-state index contributed by atoms with van der Waals surface area (Å²) in [5, 5.41) is 8.85. The highest BCUT2D eigenvalue weighted by Gasteiger charge is 2.18. The molecule has 0 radical (unpaired) electrons. The molecule has 2 N–H and O–H groups in total. The van der Waals surface area contributed by atoms with Crippen molar-refractivity contribution in [1.29, 1.82) is 0 Å². The summed E-state index contributed by atoms with van der Waals surface area (Å²) in [5.41, 5.74) is 2.53. The Bertz CT molecular complexity index is 1360. The Hall–Kier alpha value is -2.88. The highest BCUT2D eigenvalue weighted by atomic mass is 35.5. The number of nitrogens with zero attached hydrogens (tertiary/aromatic N) is 2. The van der Waals surface area contributed by atoms with Crippen LogP contribution in [0.5, 0.6) is 0 Å². The van der Waals surface area contributed by atoms with Gasteiger partial charge < -0.3 is 5.32 Å². The normalized spacial score (nSPS) is 11.6. The molecule has 0 aliphatic carbocycles. The Balaban J connectivity index is 1.60. The molecule has 154 valence electrons. The SMILES string of the molecule is Cc1nn(-c2ccccc2Cl)c2sc(C(=O)Nc3ccc(NS(C)(=O)=O)cc3)cc12. The van der Waals surface area contributed by atoms with Crippen LogP contribution in [0, 0.1) is 6.92 Å². The molecule has 4 rings (SSSR count). The minimum atomic E-state index is -3.35. The predicted octanol–water partition coefficient (Wildman–Crippen LogP) is 4.67. The molecule has 0 bridgehead atoms. The van der Waals surface area contributed by atoms with E-state index in [9.17, 15) is 13.2 Å². The molecule has 4 aromatic rings. The number of nitrogens with one attached hydrogen (secondary N) is 2. The van der Waals surface area contributed by atoms with Gasteiger partial charge in [0.05, 0.1) is 27.5 Å². The summed E-state index contributed by atoms with van der Waals surface area (Å²) in [7, 11) is -3.35. The second kappa shape index (κ2) is 7.75. The number of carbonyl (C=O) groups excluding carboxylic acids is 1. The number of benzene rings is 2. The van der Waals surface area contributed by atoms with E-state index < -0.39 is 10.0 Å². The molecule has 0 aliphatic rings. The standard InChI is InChI=1S/C20H17ClN4O3S2/c1-12-15-11-18(29-20(15)25(23-12)17-6-4-3-5-16(17)21)19(26)22-13-7-9-14(10-8-13)24-30(2,27)28/h3-11,24H,1-2H3,(H,22,26). The van der Waals surface area contributed by atoms with Gasteiger partial charge in [0.1, 0.15) is 4.83 Å². The summed E-state index contributed by atoms with van der Waals surface area (Å²) in [4.78, 5) is 14.1. The maximum absolute atomic E-state index is 12.8. The number of anilines is 2. The Morgan fingerprint density at radius 1 is 1.10 bits per heavy atom. The molecule has 0 spiro atoms. The Morgan fingerprint density at radius 2 is 1.77 bits per heavy atom. The number of carbonyl (C=O) groups is 1. The summed E-state index contributed by atoms with van der Waals surface area (Å²) in [6.07, 6.45) is 1.08. The third-order valence-corrected chi connectivity index (χ3v) is 6.33. The number of fused-ring (bicyclic) bond motifs is 1. The summed E-state index contributed by atoms with van der Waals surface area (Å²) >= 11 is 7.64. The van der Waals surface area contributed by atoms with Crippen LogP contribution in [-0.4, -0.2) is 30.4 Å². The van der Waals surface area contributed by atoms with E-state index in [2.05, 4.69) is 15.1 Å². The predicted molar refractivity (Wildman–Crippen MR) is 122 cm³/mol. The molecule has 0 unspecified atom stereocenters. The molecule has 0 saturated carbocycles. The van der Waals surface area contributed by atoms with Crippen molar-refractivity contribution in [1.82, 2.24) is 9.78 Å². The van der Waals surface area contributed by atoms with Crippen molar-refractivity contribution in [2.24, 2.45) is 0 Å². The van der Waals surface area contributed by atoms with Gasteiger partial charge in [0, 0.05) is 16.8 Å². The van der Waals surface area contributed by atoms with Crippen LogP contribution >= 0.6 is 22.9 Å². The molecule has 2 aromatic heterocycles. The molecule has 0 saturated heterocycles. The average Bonchev–Trinajstić information content (AvgIpc) is 3.24. The summed E-state index contributed by atoms with van der Waals surface area (Å²) < 4.78 is 26.7. The number of aromatic nitrogens is 2. The molecule has 2 aromatic carbocycles. The van der Waals surface area contributed by atoms with E-state index in [4.69, 9.17) is 11.6 Å². The molecule has 10 heteroatoms. The van der Waals surface area contributed by atoms with Crippen LogP contribution in [0.25, 0.3) is 15.9 Å². The topological polar surface area (TPSA) is 93.1 Å². The molecule has 0 aliphatic heterocycles. The van der Waals surface area contributed by atoms with Crippen molar-refractivity contribution >= 4 is 60.5 Å². The van der Waals surface area contributed by atoms with Crippen LogP contribution in [-0.2, 0) is 10.0 Å². The number of sulfonamides is 1.